The van der Waals surface area contributed by atoms with Gasteiger partial charge in [-0.15, -0.1) is 0 Å². The molecule has 0 amide bonds. The smallest absolute Gasteiger partial charge is 0.303 e. The van der Waals surface area contributed by atoms with E-state index in [1.807, 2.05) is 30.3 Å². The van der Waals surface area contributed by atoms with Gasteiger partial charge < -0.3 is 14.3 Å². The Labute approximate surface area is 125 Å². The van der Waals surface area contributed by atoms with Crippen molar-refractivity contribution in [1.82, 2.24) is 0 Å². The molecule has 0 atom stereocenters. The summed E-state index contributed by atoms with van der Waals surface area (Å²) in [5.41, 5.74) is 1.46. The molecule has 0 spiro atoms. The number of benzene rings is 2. The van der Waals surface area contributed by atoms with Gasteiger partial charge in [0.2, 0.25) is 0 Å². The van der Waals surface area contributed by atoms with Gasteiger partial charge in [-0.1, -0.05) is 11.6 Å². The van der Waals surface area contributed by atoms with Gasteiger partial charge >= 0.3 is 5.97 Å². The molecular formula is C16H13ClO4. The van der Waals surface area contributed by atoms with Gasteiger partial charge in [0.1, 0.15) is 16.9 Å². The summed E-state index contributed by atoms with van der Waals surface area (Å²) in [4.78, 5) is 10.4. The van der Waals surface area contributed by atoms with E-state index in [4.69, 9.17) is 25.9 Å². The van der Waals surface area contributed by atoms with E-state index >= 15 is 0 Å². The van der Waals surface area contributed by atoms with Gasteiger partial charge in [-0.05, 0) is 30.7 Å². The second-order valence-electron chi connectivity index (χ2n) is 4.75. The number of hydrogen-bond acceptors (Lipinski definition) is 3. The van der Waals surface area contributed by atoms with Crippen molar-refractivity contribution >= 4 is 39.5 Å². The lowest BCUT2D eigenvalue weighted by atomic mass is 10.1. The van der Waals surface area contributed by atoms with Gasteiger partial charge in [0.05, 0.1) is 6.61 Å². The van der Waals surface area contributed by atoms with E-state index in [1.54, 1.807) is 6.07 Å². The quantitative estimate of drug-likeness (QED) is 0.706. The Kier molecular flexibility index (Phi) is 3.71. The molecule has 0 bridgehead atoms. The summed E-state index contributed by atoms with van der Waals surface area (Å²) in [6.45, 7) is 0.365. The molecule has 108 valence electrons. The molecule has 0 saturated heterocycles. The highest BCUT2D eigenvalue weighted by atomic mass is 35.5. The van der Waals surface area contributed by atoms with Crippen LogP contribution in [-0.2, 0) is 4.79 Å². The molecule has 3 aromatic rings. The van der Waals surface area contributed by atoms with Crippen molar-refractivity contribution in [3.8, 4) is 5.75 Å². The van der Waals surface area contributed by atoms with E-state index in [1.165, 1.54) is 0 Å². The van der Waals surface area contributed by atoms with Crippen molar-refractivity contribution in [3.63, 3.8) is 0 Å². The van der Waals surface area contributed by atoms with Crippen LogP contribution in [0.4, 0.5) is 0 Å². The number of halogens is 1. The molecule has 21 heavy (non-hydrogen) atoms. The topological polar surface area (TPSA) is 59.7 Å². The number of ether oxygens (including phenoxy) is 1. The molecule has 0 saturated carbocycles. The van der Waals surface area contributed by atoms with Crippen LogP contribution in [0.3, 0.4) is 0 Å². The summed E-state index contributed by atoms with van der Waals surface area (Å²) in [5, 5.41) is 11.2. The maximum atomic E-state index is 10.4. The third kappa shape index (κ3) is 2.95. The Morgan fingerprint density at radius 3 is 2.62 bits per heavy atom. The Hall–Kier alpha value is -2.20. The molecule has 2 aromatic carbocycles. The first kappa shape index (κ1) is 13.8. The lowest BCUT2D eigenvalue weighted by molar-refractivity contribution is -0.137. The van der Waals surface area contributed by atoms with Crippen LogP contribution < -0.4 is 4.74 Å². The number of furan rings is 1. The highest BCUT2D eigenvalue weighted by Gasteiger charge is 2.08. The SMILES string of the molecule is O=C(O)CCCOc1ccc2c(c1)oc1cc(Cl)ccc12. The van der Waals surface area contributed by atoms with Crippen LogP contribution >= 0.6 is 11.6 Å². The first-order chi connectivity index (χ1) is 10.1. The van der Waals surface area contributed by atoms with Gasteiger partial charge in [-0.3, -0.25) is 4.79 Å². The van der Waals surface area contributed by atoms with Crippen molar-refractivity contribution in [3.05, 3.63) is 41.4 Å². The van der Waals surface area contributed by atoms with Crippen LogP contribution in [0.5, 0.6) is 5.75 Å². The number of rotatable bonds is 5. The van der Waals surface area contributed by atoms with Crippen LogP contribution in [0.15, 0.2) is 40.8 Å². The van der Waals surface area contributed by atoms with Gasteiger partial charge in [-0.25, -0.2) is 0 Å². The lowest BCUT2D eigenvalue weighted by Crippen LogP contribution is -2.01. The van der Waals surface area contributed by atoms with Crippen molar-refractivity contribution in [2.45, 2.75) is 12.8 Å². The van der Waals surface area contributed by atoms with E-state index in [9.17, 15) is 4.79 Å². The molecule has 0 aliphatic heterocycles. The third-order valence-electron chi connectivity index (χ3n) is 3.21. The van der Waals surface area contributed by atoms with Crippen LogP contribution in [0.1, 0.15) is 12.8 Å². The summed E-state index contributed by atoms with van der Waals surface area (Å²) >= 11 is 5.95. The molecular weight excluding hydrogens is 292 g/mol. The van der Waals surface area contributed by atoms with Crippen molar-refractivity contribution in [2.24, 2.45) is 0 Å². The fourth-order valence-corrected chi connectivity index (χ4v) is 2.40. The van der Waals surface area contributed by atoms with E-state index in [0.717, 1.165) is 21.9 Å². The average molecular weight is 305 g/mol. The molecule has 4 nitrogen and oxygen atoms in total. The fraction of sp³-hybridized carbons (Fsp3) is 0.188. The molecule has 3 rings (SSSR count). The average Bonchev–Trinajstić information content (AvgIpc) is 2.79. The Morgan fingerprint density at radius 1 is 1.14 bits per heavy atom. The summed E-state index contributed by atoms with van der Waals surface area (Å²) in [6.07, 6.45) is 0.578. The fourth-order valence-electron chi connectivity index (χ4n) is 2.23. The zero-order valence-electron chi connectivity index (χ0n) is 11.1. The second-order valence-corrected chi connectivity index (χ2v) is 5.18. The molecule has 1 aromatic heterocycles. The third-order valence-corrected chi connectivity index (χ3v) is 3.45. The molecule has 1 N–H and O–H groups in total. The number of hydrogen-bond donors (Lipinski definition) is 1. The molecule has 0 radical (unpaired) electrons. The summed E-state index contributed by atoms with van der Waals surface area (Å²) in [5.74, 6) is -0.152. The molecule has 5 heteroatoms. The highest BCUT2D eigenvalue weighted by Crippen LogP contribution is 2.32. The first-order valence-corrected chi connectivity index (χ1v) is 6.98. The maximum absolute atomic E-state index is 10.4. The zero-order valence-corrected chi connectivity index (χ0v) is 11.9. The van der Waals surface area contributed by atoms with Crippen molar-refractivity contribution in [2.75, 3.05) is 6.61 Å². The summed E-state index contributed by atoms with van der Waals surface area (Å²) in [7, 11) is 0. The van der Waals surface area contributed by atoms with Gasteiger partial charge in [0, 0.05) is 34.3 Å². The van der Waals surface area contributed by atoms with Crippen LogP contribution in [-0.4, -0.2) is 17.7 Å². The second kappa shape index (κ2) is 5.66. The van der Waals surface area contributed by atoms with E-state index < -0.39 is 5.97 Å². The van der Waals surface area contributed by atoms with Gasteiger partial charge in [0.25, 0.3) is 0 Å². The Bertz CT molecular complexity index is 806. The summed E-state index contributed by atoms with van der Waals surface area (Å²) < 4.78 is 11.3. The lowest BCUT2D eigenvalue weighted by Gasteiger charge is -2.04. The van der Waals surface area contributed by atoms with Crippen LogP contribution in [0, 0.1) is 0 Å². The minimum atomic E-state index is -0.816. The van der Waals surface area contributed by atoms with Gasteiger partial charge in [0.15, 0.2) is 0 Å². The summed E-state index contributed by atoms with van der Waals surface area (Å²) in [6, 6.07) is 11.1. The number of carboxylic acid groups (broad SMARTS) is 1. The van der Waals surface area contributed by atoms with E-state index in [-0.39, 0.29) is 6.42 Å². The van der Waals surface area contributed by atoms with Gasteiger partial charge in [-0.2, -0.15) is 0 Å². The number of aliphatic carboxylic acids is 1. The Morgan fingerprint density at radius 2 is 1.86 bits per heavy atom. The predicted molar refractivity (Wildman–Crippen MR) is 81.1 cm³/mol. The normalized spacial score (nSPS) is 11.1. The Balaban J connectivity index is 1.83. The number of carbonyl (C=O) groups is 1. The van der Waals surface area contributed by atoms with Crippen LogP contribution in [0.25, 0.3) is 21.9 Å². The molecule has 0 unspecified atom stereocenters. The minimum Gasteiger partial charge on any atom is -0.493 e. The zero-order chi connectivity index (χ0) is 14.8. The molecule has 1 heterocycles. The maximum Gasteiger partial charge on any atom is 0.303 e. The molecule has 0 fully saturated rings. The van der Waals surface area contributed by atoms with E-state index in [0.29, 0.717) is 23.8 Å². The largest absolute Gasteiger partial charge is 0.493 e. The predicted octanol–water partition coefficient (Wildman–Crippen LogP) is 4.48. The standard InChI is InChI=1S/C16H13ClO4/c17-10-3-5-12-13-6-4-11(20-7-1-2-16(18)19)9-15(13)21-14(12)8-10/h3-6,8-9H,1-2,7H2,(H,18,19). The molecule has 0 aliphatic rings. The van der Waals surface area contributed by atoms with Crippen LogP contribution in [0.2, 0.25) is 5.02 Å². The highest BCUT2D eigenvalue weighted by molar-refractivity contribution is 6.31. The number of carboxylic acids is 1. The minimum absolute atomic E-state index is 0.103. The first-order valence-electron chi connectivity index (χ1n) is 6.60. The monoisotopic (exact) mass is 304 g/mol. The molecule has 0 aliphatic carbocycles. The number of fused-ring (bicyclic) bond motifs is 3. The van der Waals surface area contributed by atoms with Crippen molar-refractivity contribution in [1.29, 1.82) is 0 Å². The van der Waals surface area contributed by atoms with Crippen molar-refractivity contribution < 1.29 is 19.1 Å². The van der Waals surface area contributed by atoms with E-state index in [2.05, 4.69) is 0 Å².